The van der Waals surface area contributed by atoms with Crippen molar-refractivity contribution < 1.29 is 13.2 Å². The van der Waals surface area contributed by atoms with Crippen LogP contribution < -0.4 is 0 Å². The summed E-state index contributed by atoms with van der Waals surface area (Å²) in [6, 6.07) is 9.52. The van der Waals surface area contributed by atoms with E-state index in [9.17, 15) is 13.2 Å². The Morgan fingerprint density at radius 2 is 1.35 bits per heavy atom. The van der Waals surface area contributed by atoms with Crippen LogP contribution in [0.1, 0.15) is 24.8 Å². The lowest BCUT2D eigenvalue weighted by molar-refractivity contribution is 0.448. The number of halogens is 3. The molecule has 0 saturated heterocycles. The van der Waals surface area contributed by atoms with Gasteiger partial charge in [0.25, 0.3) is 0 Å². The predicted octanol–water partition coefficient (Wildman–Crippen LogP) is 5.34. The Morgan fingerprint density at radius 3 is 1.90 bits per heavy atom. The second-order valence-electron chi connectivity index (χ2n) is 4.95. The van der Waals surface area contributed by atoms with E-state index in [2.05, 4.69) is 6.08 Å². The molecule has 2 aromatic carbocycles. The lowest BCUT2D eigenvalue weighted by Gasteiger charge is -2.06. The van der Waals surface area contributed by atoms with Gasteiger partial charge in [-0.05, 0) is 53.7 Å². The highest BCUT2D eigenvalue weighted by atomic mass is 19.2. The van der Waals surface area contributed by atoms with Gasteiger partial charge in [0.1, 0.15) is 0 Å². The minimum absolute atomic E-state index is 0.341. The zero-order valence-corrected chi connectivity index (χ0v) is 10.8. The van der Waals surface area contributed by atoms with Gasteiger partial charge < -0.3 is 0 Å². The van der Waals surface area contributed by atoms with E-state index in [0.29, 0.717) is 11.1 Å². The lowest BCUT2D eigenvalue weighted by atomic mass is 10.00. The third-order valence-corrected chi connectivity index (χ3v) is 3.61. The number of rotatable bonds is 2. The first-order valence-corrected chi connectivity index (χ1v) is 6.59. The van der Waals surface area contributed by atoms with Crippen molar-refractivity contribution in [2.75, 3.05) is 0 Å². The number of hydrogen-bond acceptors (Lipinski definition) is 0. The molecule has 1 aliphatic rings. The predicted molar refractivity (Wildman–Crippen MR) is 73.6 cm³/mol. The summed E-state index contributed by atoms with van der Waals surface area (Å²) in [5, 5.41) is 0. The molecule has 0 spiro atoms. The highest BCUT2D eigenvalue weighted by molar-refractivity contribution is 5.71. The molecule has 0 saturated carbocycles. The molecule has 0 unspecified atom stereocenters. The van der Waals surface area contributed by atoms with Gasteiger partial charge in [-0.25, -0.2) is 13.2 Å². The average Bonchev–Trinajstić information content (AvgIpc) is 2.98. The van der Waals surface area contributed by atoms with Gasteiger partial charge in [-0.1, -0.05) is 30.3 Å². The van der Waals surface area contributed by atoms with Crippen LogP contribution in [0.15, 0.2) is 42.5 Å². The smallest absolute Gasteiger partial charge is 0.194 e. The first-order chi connectivity index (χ1) is 9.65. The zero-order valence-electron chi connectivity index (χ0n) is 10.8. The number of allylic oxidation sites excluding steroid dienone is 2. The van der Waals surface area contributed by atoms with Crippen LogP contribution in [0.4, 0.5) is 13.2 Å². The van der Waals surface area contributed by atoms with Gasteiger partial charge in [-0.2, -0.15) is 0 Å². The minimum atomic E-state index is -1.43. The van der Waals surface area contributed by atoms with E-state index in [1.165, 1.54) is 12.0 Å². The van der Waals surface area contributed by atoms with E-state index >= 15 is 0 Å². The SMILES string of the molecule is Fc1cc(-c2ccc(C3=CCCC3)cc2)cc(F)c1F. The van der Waals surface area contributed by atoms with E-state index in [1.807, 2.05) is 12.1 Å². The molecule has 0 atom stereocenters. The van der Waals surface area contributed by atoms with Crippen molar-refractivity contribution >= 4 is 5.57 Å². The third-order valence-electron chi connectivity index (χ3n) is 3.61. The third kappa shape index (κ3) is 2.36. The topological polar surface area (TPSA) is 0 Å². The summed E-state index contributed by atoms with van der Waals surface area (Å²) in [6.45, 7) is 0. The van der Waals surface area contributed by atoms with Crippen molar-refractivity contribution in [1.82, 2.24) is 0 Å². The number of hydrogen-bond donors (Lipinski definition) is 0. The molecule has 0 fully saturated rings. The Bertz CT molecular complexity index is 646. The van der Waals surface area contributed by atoms with Crippen LogP contribution >= 0.6 is 0 Å². The molecule has 1 aliphatic carbocycles. The fraction of sp³-hybridized carbons (Fsp3) is 0.176. The molecular weight excluding hydrogens is 261 g/mol. The van der Waals surface area contributed by atoms with E-state index in [-0.39, 0.29) is 0 Å². The molecule has 0 bridgehead atoms. The first kappa shape index (κ1) is 13.0. The maximum absolute atomic E-state index is 13.2. The van der Waals surface area contributed by atoms with Crippen molar-refractivity contribution in [3.05, 3.63) is 65.5 Å². The summed E-state index contributed by atoms with van der Waals surface area (Å²) in [7, 11) is 0. The maximum atomic E-state index is 13.2. The minimum Gasteiger partial charge on any atom is -0.204 e. The van der Waals surface area contributed by atoms with Crippen LogP contribution in [0, 0.1) is 17.5 Å². The Morgan fingerprint density at radius 1 is 0.750 bits per heavy atom. The van der Waals surface area contributed by atoms with Crippen molar-refractivity contribution in [2.24, 2.45) is 0 Å². The van der Waals surface area contributed by atoms with E-state index in [1.54, 1.807) is 12.1 Å². The molecule has 20 heavy (non-hydrogen) atoms. The average molecular weight is 274 g/mol. The van der Waals surface area contributed by atoms with Gasteiger partial charge in [-0.3, -0.25) is 0 Å². The second-order valence-corrected chi connectivity index (χ2v) is 4.95. The lowest BCUT2D eigenvalue weighted by Crippen LogP contribution is -1.92. The quantitative estimate of drug-likeness (QED) is 0.648. The van der Waals surface area contributed by atoms with E-state index in [4.69, 9.17) is 0 Å². The standard InChI is InChI=1S/C17H13F3/c18-15-9-14(10-16(19)17(15)20)13-7-5-12(6-8-13)11-3-1-2-4-11/h3,5-10H,1-2,4H2. The van der Waals surface area contributed by atoms with Crippen LogP contribution in [0.25, 0.3) is 16.7 Å². The molecule has 0 radical (unpaired) electrons. The number of benzene rings is 2. The molecule has 3 rings (SSSR count). The molecule has 0 amide bonds. The molecule has 0 N–H and O–H groups in total. The molecule has 0 nitrogen and oxygen atoms in total. The molecule has 2 aromatic rings. The largest absolute Gasteiger partial charge is 0.204 e. The van der Waals surface area contributed by atoms with Crippen LogP contribution in [-0.4, -0.2) is 0 Å². The fourth-order valence-electron chi connectivity index (χ4n) is 2.53. The monoisotopic (exact) mass is 274 g/mol. The van der Waals surface area contributed by atoms with Gasteiger partial charge in [0.2, 0.25) is 0 Å². The zero-order chi connectivity index (χ0) is 14.1. The van der Waals surface area contributed by atoms with Crippen molar-refractivity contribution in [3.8, 4) is 11.1 Å². The Balaban J connectivity index is 1.95. The summed E-state index contributed by atoms with van der Waals surface area (Å²) in [5.74, 6) is -3.76. The van der Waals surface area contributed by atoms with E-state index < -0.39 is 17.5 Å². The molecule has 0 aromatic heterocycles. The Hall–Kier alpha value is -2.03. The van der Waals surface area contributed by atoms with Crippen molar-refractivity contribution in [1.29, 1.82) is 0 Å². The fourth-order valence-corrected chi connectivity index (χ4v) is 2.53. The highest BCUT2D eigenvalue weighted by Gasteiger charge is 2.12. The van der Waals surface area contributed by atoms with Gasteiger partial charge >= 0.3 is 0 Å². The van der Waals surface area contributed by atoms with Crippen LogP contribution in [0.2, 0.25) is 0 Å². The second kappa shape index (κ2) is 5.16. The highest BCUT2D eigenvalue weighted by Crippen LogP contribution is 2.30. The molecule has 102 valence electrons. The normalized spacial score (nSPS) is 14.4. The van der Waals surface area contributed by atoms with E-state index in [0.717, 1.165) is 30.5 Å². The van der Waals surface area contributed by atoms with Gasteiger partial charge in [0.15, 0.2) is 17.5 Å². The molecule has 0 heterocycles. The molecular formula is C17H13F3. The summed E-state index contributed by atoms with van der Waals surface area (Å²) in [6.07, 6.45) is 5.56. The van der Waals surface area contributed by atoms with Crippen molar-refractivity contribution in [3.63, 3.8) is 0 Å². The van der Waals surface area contributed by atoms with Crippen molar-refractivity contribution in [2.45, 2.75) is 19.3 Å². The summed E-state index contributed by atoms with van der Waals surface area (Å²) in [5.41, 5.74) is 3.46. The summed E-state index contributed by atoms with van der Waals surface area (Å²) >= 11 is 0. The van der Waals surface area contributed by atoms with Crippen LogP contribution in [-0.2, 0) is 0 Å². The first-order valence-electron chi connectivity index (χ1n) is 6.59. The maximum Gasteiger partial charge on any atom is 0.194 e. The van der Waals surface area contributed by atoms with Crippen LogP contribution in [0.3, 0.4) is 0 Å². The molecule has 0 aliphatic heterocycles. The summed E-state index contributed by atoms with van der Waals surface area (Å²) in [4.78, 5) is 0. The van der Waals surface area contributed by atoms with Gasteiger partial charge in [-0.15, -0.1) is 0 Å². The van der Waals surface area contributed by atoms with Crippen LogP contribution in [0.5, 0.6) is 0 Å². The Kier molecular flexibility index (Phi) is 3.35. The molecule has 3 heteroatoms. The van der Waals surface area contributed by atoms with Gasteiger partial charge in [0, 0.05) is 0 Å². The summed E-state index contributed by atoms with van der Waals surface area (Å²) < 4.78 is 39.4. The van der Waals surface area contributed by atoms with Gasteiger partial charge in [0.05, 0.1) is 0 Å². The Labute approximate surface area is 115 Å².